The summed E-state index contributed by atoms with van der Waals surface area (Å²) in [5.41, 5.74) is 2.35. The van der Waals surface area contributed by atoms with E-state index in [0.29, 0.717) is 16.4 Å². The van der Waals surface area contributed by atoms with E-state index in [1.807, 2.05) is 30.3 Å². The minimum Gasteiger partial charge on any atom is -0.342 e. The van der Waals surface area contributed by atoms with Gasteiger partial charge in [-0.1, -0.05) is 35.9 Å². The number of H-pyrrole nitrogens is 1. The SMILES string of the molecule is O=C(CNC(=O)c1cc(-c2ccc(Cl)cc2)n[nH]1)Nc1ccccc1Br. The Hall–Kier alpha value is -2.64. The summed E-state index contributed by atoms with van der Waals surface area (Å²) in [7, 11) is 0. The molecule has 3 N–H and O–H groups in total. The molecule has 132 valence electrons. The van der Waals surface area contributed by atoms with E-state index < -0.39 is 5.91 Å². The zero-order chi connectivity index (χ0) is 18.5. The van der Waals surface area contributed by atoms with Crippen molar-refractivity contribution in [2.75, 3.05) is 11.9 Å². The second-order valence-corrected chi connectivity index (χ2v) is 6.68. The van der Waals surface area contributed by atoms with Crippen LogP contribution < -0.4 is 10.6 Å². The van der Waals surface area contributed by atoms with Crippen molar-refractivity contribution in [3.63, 3.8) is 0 Å². The van der Waals surface area contributed by atoms with Crippen molar-refractivity contribution in [2.45, 2.75) is 0 Å². The molecule has 0 aliphatic carbocycles. The Kier molecular flexibility index (Phi) is 5.70. The number of halogens is 2. The summed E-state index contributed by atoms with van der Waals surface area (Å²) < 4.78 is 0.765. The number of para-hydroxylation sites is 1. The molecule has 26 heavy (non-hydrogen) atoms. The highest BCUT2D eigenvalue weighted by Gasteiger charge is 2.13. The van der Waals surface area contributed by atoms with E-state index in [1.165, 1.54) is 0 Å². The van der Waals surface area contributed by atoms with E-state index in [-0.39, 0.29) is 18.1 Å². The third-order valence-electron chi connectivity index (χ3n) is 3.52. The van der Waals surface area contributed by atoms with E-state index in [4.69, 9.17) is 11.6 Å². The van der Waals surface area contributed by atoms with Crippen molar-refractivity contribution in [3.05, 3.63) is 69.8 Å². The maximum absolute atomic E-state index is 12.2. The van der Waals surface area contributed by atoms with Gasteiger partial charge in [-0.25, -0.2) is 0 Å². The molecule has 1 aromatic heterocycles. The van der Waals surface area contributed by atoms with Crippen LogP contribution >= 0.6 is 27.5 Å². The van der Waals surface area contributed by atoms with Crippen LogP contribution in [0.5, 0.6) is 0 Å². The molecule has 1 heterocycles. The fraction of sp³-hybridized carbons (Fsp3) is 0.0556. The molecule has 0 radical (unpaired) electrons. The maximum Gasteiger partial charge on any atom is 0.269 e. The summed E-state index contributed by atoms with van der Waals surface area (Å²) in [4.78, 5) is 24.1. The van der Waals surface area contributed by atoms with Gasteiger partial charge in [0, 0.05) is 15.1 Å². The molecule has 0 atom stereocenters. The first-order chi connectivity index (χ1) is 12.5. The highest BCUT2D eigenvalue weighted by molar-refractivity contribution is 9.10. The number of nitrogens with zero attached hydrogens (tertiary/aromatic N) is 1. The fourth-order valence-electron chi connectivity index (χ4n) is 2.22. The summed E-state index contributed by atoms with van der Waals surface area (Å²) in [5.74, 6) is -0.748. The molecule has 0 bridgehead atoms. The van der Waals surface area contributed by atoms with Crippen molar-refractivity contribution in [1.29, 1.82) is 0 Å². The minimum absolute atomic E-state index is 0.157. The third kappa shape index (κ3) is 4.50. The Morgan fingerprint density at radius 1 is 1.12 bits per heavy atom. The largest absolute Gasteiger partial charge is 0.342 e. The molecule has 0 aliphatic heterocycles. The smallest absolute Gasteiger partial charge is 0.269 e. The van der Waals surface area contributed by atoms with Gasteiger partial charge in [-0.05, 0) is 46.3 Å². The summed E-state index contributed by atoms with van der Waals surface area (Å²) in [5, 5.41) is 12.7. The maximum atomic E-state index is 12.2. The molecule has 2 aromatic carbocycles. The van der Waals surface area contributed by atoms with Crippen LogP contribution in [0.2, 0.25) is 5.02 Å². The van der Waals surface area contributed by atoms with Crippen LogP contribution in [0.1, 0.15) is 10.5 Å². The molecule has 3 aromatic rings. The van der Waals surface area contributed by atoms with Gasteiger partial charge in [0.1, 0.15) is 5.69 Å². The molecule has 3 rings (SSSR count). The predicted molar refractivity (Wildman–Crippen MR) is 104 cm³/mol. The van der Waals surface area contributed by atoms with Crippen LogP contribution in [0.4, 0.5) is 5.69 Å². The number of benzene rings is 2. The number of nitrogens with one attached hydrogen (secondary N) is 3. The Morgan fingerprint density at radius 3 is 2.58 bits per heavy atom. The number of aromatic nitrogens is 2. The number of aromatic amines is 1. The van der Waals surface area contributed by atoms with Crippen molar-refractivity contribution >= 4 is 45.0 Å². The highest BCUT2D eigenvalue weighted by atomic mass is 79.9. The van der Waals surface area contributed by atoms with Gasteiger partial charge in [0.2, 0.25) is 5.91 Å². The van der Waals surface area contributed by atoms with E-state index >= 15 is 0 Å². The Bertz CT molecular complexity index is 940. The van der Waals surface area contributed by atoms with Crippen LogP contribution in [0.3, 0.4) is 0 Å². The molecule has 0 saturated carbocycles. The molecule has 0 spiro atoms. The van der Waals surface area contributed by atoms with Gasteiger partial charge in [0.15, 0.2) is 0 Å². The lowest BCUT2D eigenvalue weighted by Gasteiger charge is -2.07. The van der Waals surface area contributed by atoms with E-state index in [2.05, 4.69) is 36.8 Å². The number of hydrogen-bond acceptors (Lipinski definition) is 3. The molecule has 0 aliphatic rings. The predicted octanol–water partition coefficient (Wildman–Crippen LogP) is 3.86. The van der Waals surface area contributed by atoms with Gasteiger partial charge in [-0.2, -0.15) is 5.10 Å². The lowest BCUT2D eigenvalue weighted by Crippen LogP contribution is -2.33. The number of carbonyl (C=O) groups is 2. The second kappa shape index (κ2) is 8.16. The second-order valence-electron chi connectivity index (χ2n) is 5.38. The molecular formula is C18H14BrClN4O2. The molecule has 0 unspecified atom stereocenters. The van der Waals surface area contributed by atoms with Crippen molar-refractivity contribution in [2.24, 2.45) is 0 Å². The molecule has 0 fully saturated rings. The van der Waals surface area contributed by atoms with Crippen LogP contribution in [0.15, 0.2) is 59.1 Å². The lowest BCUT2D eigenvalue weighted by molar-refractivity contribution is -0.115. The van der Waals surface area contributed by atoms with Gasteiger partial charge in [-0.15, -0.1) is 0 Å². The fourth-order valence-corrected chi connectivity index (χ4v) is 2.73. The van der Waals surface area contributed by atoms with Gasteiger partial charge in [0.25, 0.3) is 5.91 Å². The average molecular weight is 434 g/mol. The molecule has 8 heteroatoms. The van der Waals surface area contributed by atoms with Crippen LogP contribution in [0.25, 0.3) is 11.3 Å². The van der Waals surface area contributed by atoms with E-state index in [1.54, 1.807) is 24.3 Å². The van der Waals surface area contributed by atoms with E-state index in [9.17, 15) is 9.59 Å². The van der Waals surface area contributed by atoms with E-state index in [0.717, 1.165) is 10.0 Å². The summed E-state index contributed by atoms with van der Waals surface area (Å²) in [6.45, 7) is -0.157. The van der Waals surface area contributed by atoms with Gasteiger partial charge in [0.05, 0.1) is 17.9 Å². The summed E-state index contributed by atoms with van der Waals surface area (Å²) in [6, 6.07) is 16.0. The van der Waals surface area contributed by atoms with Crippen molar-refractivity contribution in [1.82, 2.24) is 15.5 Å². The standard InChI is InChI=1S/C18H14BrClN4O2/c19-13-3-1-2-4-14(13)22-17(25)10-21-18(26)16-9-15(23-24-16)11-5-7-12(20)8-6-11/h1-9H,10H2,(H,21,26)(H,22,25)(H,23,24). The normalized spacial score (nSPS) is 10.4. The topological polar surface area (TPSA) is 86.9 Å². The Balaban J connectivity index is 1.58. The molecule has 2 amide bonds. The van der Waals surface area contributed by atoms with Crippen LogP contribution in [-0.4, -0.2) is 28.6 Å². The number of anilines is 1. The highest BCUT2D eigenvalue weighted by Crippen LogP contribution is 2.21. The number of hydrogen-bond donors (Lipinski definition) is 3. The van der Waals surface area contributed by atoms with Crippen molar-refractivity contribution < 1.29 is 9.59 Å². The summed E-state index contributed by atoms with van der Waals surface area (Å²) in [6.07, 6.45) is 0. The van der Waals surface area contributed by atoms with Gasteiger partial charge in [-0.3, -0.25) is 14.7 Å². The lowest BCUT2D eigenvalue weighted by atomic mass is 10.1. The number of amides is 2. The first-order valence-electron chi connectivity index (χ1n) is 7.67. The first-order valence-corrected chi connectivity index (χ1v) is 8.84. The quantitative estimate of drug-likeness (QED) is 0.571. The van der Waals surface area contributed by atoms with Gasteiger partial charge >= 0.3 is 0 Å². The third-order valence-corrected chi connectivity index (χ3v) is 4.46. The van der Waals surface area contributed by atoms with Crippen LogP contribution in [-0.2, 0) is 4.79 Å². The minimum atomic E-state index is -0.417. The van der Waals surface area contributed by atoms with Crippen molar-refractivity contribution in [3.8, 4) is 11.3 Å². The number of rotatable bonds is 5. The number of carbonyl (C=O) groups excluding carboxylic acids is 2. The zero-order valence-electron chi connectivity index (χ0n) is 13.4. The molecule has 6 nitrogen and oxygen atoms in total. The Labute approximate surface area is 163 Å². The monoisotopic (exact) mass is 432 g/mol. The van der Waals surface area contributed by atoms with Gasteiger partial charge < -0.3 is 10.6 Å². The molecule has 0 saturated heterocycles. The summed E-state index contributed by atoms with van der Waals surface area (Å²) >= 11 is 9.21. The molecular weight excluding hydrogens is 420 g/mol. The Morgan fingerprint density at radius 2 is 1.85 bits per heavy atom. The van der Waals surface area contributed by atoms with Crippen LogP contribution in [0, 0.1) is 0 Å². The average Bonchev–Trinajstić information content (AvgIpc) is 3.12. The first kappa shape index (κ1) is 18.2. The zero-order valence-corrected chi connectivity index (χ0v) is 15.8.